The van der Waals surface area contributed by atoms with Gasteiger partial charge in [0.05, 0.1) is 0 Å². The third kappa shape index (κ3) is 4.51. The van der Waals surface area contributed by atoms with E-state index in [2.05, 4.69) is 39.9 Å². The summed E-state index contributed by atoms with van der Waals surface area (Å²) in [4.78, 5) is 27.7. The quantitative estimate of drug-likeness (QED) is 0.418. The van der Waals surface area contributed by atoms with Gasteiger partial charge in [-0.1, -0.05) is 54.6 Å². The Hall–Kier alpha value is -3.86. The van der Waals surface area contributed by atoms with E-state index in [4.69, 9.17) is 0 Å². The lowest BCUT2D eigenvalue weighted by molar-refractivity contribution is -0.114. The number of para-hydroxylation sites is 1. The second-order valence-electron chi connectivity index (χ2n) is 7.67. The molecule has 0 aliphatic heterocycles. The van der Waals surface area contributed by atoms with Crippen LogP contribution in [-0.4, -0.2) is 23.3 Å². The van der Waals surface area contributed by atoms with Crippen LogP contribution in [0.15, 0.2) is 79.0 Å². The highest BCUT2D eigenvalue weighted by Gasteiger charge is 2.19. The highest BCUT2D eigenvalue weighted by molar-refractivity contribution is 5.97. The van der Waals surface area contributed by atoms with Crippen LogP contribution in [0.4, 0.5) is 5.69 Å². The summed E-state index contributed by atoms with van der Waals surface area (Å²) in [6.45, 7) is 3.81. The number of carbonyl (C=O) groups is 2. The molecule has 1 aromatic heterocycles. The maximum absolute atomic E-state index is 12.9. The molecule has 0 bridgehead atoms. The van der Waals surface area contributed by atoms with Gasteiger partial charge in [-0.3, -0.25) is 9.59 Å². The largest absolute Gasteiger partial charge is 0.361 e. The second kappa shape index (κ2) is 8.88. The molecule has 3 N–H and O–H groups in total. The molecule has 1 unspecified atom stereocenters. The maximum Gasteiger partial charge on any atom is 0.251 e. The summed E-state index contributed by atoms with van der Waals surface area (Å²) in [6.07, 6.45) is 2.02. The number of benzene rings is 3. The molecule has 156 valence electrons. The Labute approximate surface area is 181 Å². The molecule has 4 rings (SSSR count). The van der Waals surface area contributed by atoms with E-state index in [9.17, 15) is 9.59 Å². The average Bonchev–Trinajstić information content (AvgIpc) is 3.20. The van der Waals surface area contributed by atoms with Gasteiger partial charge in [0.25, 0.3) is 5.91 Å². The van der Waals surface area contributed by atoms with Crippen molar-refractivity contribution in [2.45, 2.75) is 19.8 Å². The Kier molecular flexibility index (Phi) is 5.85. The van der Waals surface area contributed by atoms with Crippen molar-refractivity contribution in [3.05, 3.63) is 101 Å². The van der Waals surface area contributed by atoms with Crippen molar-refractivity contribution >= 4 is 28.4 Å². The number of hydrogen-bond donors (Lipinski definition) is 3. The number of hydrogen-bond acceptors (Lipinski definition) is 2. The summed E-state index contributed by atoms with van der Waals surface area (Å²) in [7, 11) is 0. The highest BCUT2D eigenvalue weighted by Crippen LogP contribution is 2.30. The fraction of sp³-hybridized carbons (Fsp3) is 0.154. The molecule has 5 heteroatoms. The Balaban J connectivity index is 1.60. The van der Waals surface area contributed by atoms with Crippen LogP contribution in [0.3, 0.4) is 0 Å². The summed E-state index contributed by atoms with van der Waals surface area (Å²) < 4.78 is 0. The van der Waals surface area contributed by atoms with Gasteiger partial charge in [0.1, 0.15) is 0 Å². The first-order chi connectivity index (χ1) is 15.0. The van der Waals surface area contributed by atoms with Crippen LogP contribution in [0, 0.1) is 6.92 Å². The topological polar surface area (TPSA) is 74.0 Å². The monoisotopic (exact) mass is 411 g/mol. The van der Waals surface area contributed by atoms with Crippen molar-refractivity contribution in [2.75, 3.05) is 11.9 Å². The van der Waals surface area contributed by atoms with Crippen molar-refractivity contribution in [1.82, 2.24) is 10.3 Å². The molecule has 0 aliphatic rings. The van der Waals surface area contributed by atoms with Crippen LogP contribution in [0.5, 0.6) is 0 Å². The van der Waals surface area contributed by atoms with Crippen LogP contribution in [0.1, 0.15) is 39.9 Å². The molecule has 0 aliphatic carbocycles. The standard InChI is InChI=1S/C26H25N3O2/c1-17-12-13-20(14-25(17)29-18(2)30)26(31)28-15-22(19-8-4-3-5-9-19)23-16-27-24-11-7-6-10-21(23)24/h3-14,16,22,27H,15H2,1-2H3,(H,28,31)(H,29,30). The molecule has 0 saturated carbocycles. The predicted molar refractivity (Wildman–Crippen MR) is 124 cm³/mol. The van der Waals surface area contributed by atoms with E-state index < -0.39 is 0 Å². The lowest BCUT2D eigenvalue weighted by atomic mass is 9.91. The molecule has 1 atom stereocenters. The van der Waals surface area contributed by atoms with E-state index in [0.29, 0.717) is 17.8 Å². The molecular weight excluding hydrogens is 386 g/mol. The summed E-state index contributed by atoms with van der Waals surface area (Å²) in [5.41, 5.74) is 5.42. The number of nitrogens with one attached hydrogen (secondary N) is 3. The van der Waals surface area contributed by atoms with Gasteiger partial charge >= 0.3 is 0 Å². The number of rotatable bonds is 6. The molecular formula is C26H25N3O2. The number of carbonyl (C=O) groups excluding carboxylic acids is 2. The van der Waals surface area contributed by atoms with E-state index in [1.807, 2.05) is 49.5 Å². The molecule has 1 heterocycles. The molecule has 0 saturated heterocycles. The Bertz CT molecular complexity index is 1230. The summed E-state index contributed by atoms with van der Waals surface area (Å²) in [5.74, 6) is -0.335. The zero-order chi connectivity index (χ0) is 21.8. The van der Waals surface area contributed by atoms with Gasteiger partial charge in [0.2, 0.25) is 5.91 Å². The van der Waals surface area contributed by atoms with Gasteiger partial charge in [-0.25, -0.2) is 0 Å². The highest BCUT2D eigenvalue weighted by atomic mass is 16.2. The van der Waals surface area contributed by atoms with Crippen molar-refractivity contribution < 1.29 is 9.59 Å². The lowest BCUT2D eigenvalue weighted by Crippen LogP contribution is -2.29. The van der Waals surface area contributed by atoms with E-state index in [1.54, 1.807) is 12.1 Å². The Morgan fingerprint density at radius 2 is 1.71 bits per heavy atom. The summed E-state index contributed by atoms with van der Waals surface area (Å²) in [6, 6.07) is 23.7. The van der Waals surface area contributed by atoms with E-state index in [0.717, 1.165) is 27.6 Å². The third-order valence-electron chi connectivity index (χ3n) is 5.48. The molecule has 3 aromatic carbocycles. The SMILES string of the molecule is CC(=O)Nc1cc(C(=O)NCC(c2ccccc2)c2c[nH]c3ccccc23)ccc1C. The molecule has 31 heavy (non-hydrogen) atoms. The predicted octanol–water partition coefficient (Wildman–Crippen LogP) is 5.00. The third-order valence-corrected chi connectivity index (χ3v) is 5.48. The number of aromatic nitrogens is 1. The minimum absolute atomic E-state index is 0.00145. The van der Waals surface area contributed by atoms with Gasteiger partial charge in [0.15, 0.2) is 0 Å². The number of amides is 2. The first kappa shape index (κ1) is 20.4. The van der Waals surface area contributed by atoms with Crippen molar-refractivity contribution in [3.8, 4) is 0 Å². The molecule has 4 aromatic rings. The van der Waals surface area contributed by atoms with E-state index in [1.165, 1.54) is 6.92 Å². The van der Waals surface area contributed by atoms with Crippen molar-refractivity contribution in [3.63, 3.8) is 0 Å². The van der Waals surface area contributed by atoms with Gasteiger partial charge < -0.3 is 15.6 Å². The van der Waals surface area contributed by atoms with Crippen LogP contribution in [0.25, 0.3) is 10.9 Å². The minimum atomic E-state index is -0.174. The Morgan fingerprint density at radius 1 is 0.968 bits per heavy atom. The van der Waals surface area contributed by atoms with Gasteiger partial charge in [-0.05, 0) is 41.8 Å². The number of aryl methyl sites for hydroxylation is 1. The first-order valence-electron chi connectivity index (χ1n) is 10.3. The van der Waals surface area contributed by atoms with Crippen LogP contribution < -0.4 is 10.6 Å². The van der Waals surface area contributed by atoms with Crippen LogP contribution in [0.2, 0.25) is 0 Å². The minimum Gasteiger partial charge on any atom is -0.361 e. The van der Waals surface area contributed by atoms with Gasteiger partial charge in [0, 0.05) is 47.7 Å². The van der Waals surface area contributed by atoms with Crippen molar-refractivity contribution in [2.24, 2.45) is 0 Å². The Morgan fingerprint density at radius 3 is 2.48 bits per heavy atom. The second-order valence-corrected chi connectivity index (χ2v) is 7.67. The molecule has 0 spiro atoms. The molecule has 5 nitrogen and oxygen atoms in total. The zero-order valence-corrected chi connectivity index (χ0v) is 17.6. The fourth-order valence-electron chi connectivity index (χ4n) is 3.86. The zero-order valence-electron chi connectivity index (χ0n) is 17.6. The van der Waals surface area contributed by atoms with Crippen molar-refractivity contribution in [1.29, 1.82) is 0 Å². The van der Waals surface area contributed by atoms with E-state index in [-0.39, 0.29) is 17.7 Å². The summed E-state index contributed by atoms with van der Waals surface area (Å²) >= 11 is 0. The number of H-pyrrole nitrogens is 1. The van der Waals surface area contributed by atoms with Gasteiger partial charge in [-0.2, -0.15) is 0 Å². The molecule has 2 amide bonds. The number of aromatic amines is 1. The first-order valence-corrected chi connectivity index (χ1v) is 10.3. The number of fused-ring (bicyclic) bond motifs is 1. The smallest absolute Gasteiger partial charge is 0.251 e. The normalized spacial score (nSPS) is 11.8. The fourth-order valence-corrected chi connectivity index (χ4v) is 3.86. The molecule has 0 radical (unpaired) electrons. The van der Waals surface area contributed by atoms with Crippen LogP contribution in [-0.2, 0) is 4.79 Å². The molecule has 0 fully saturated rings. The maximum atomic E-state index is 12.9. The van der Waals surface area contributed by atoms with E-state index >= 15 is 0 Å². The average molecular weight is 412 g/mol. The lowest BCUT2D eigenvalue weighted by Gasteiger charge is -2.18. The number of anilines is 1. The van der Waals surface area contributed by atoms with Crippen LogP contribution >= 0.6 is 0 Å². The summed E-state index contributed by atoms with van der Waals surface area (Å²) in [5, 5.41) is 7.01. The van der Waals surface area contributed by atoms with Gasteiger partial charge in [-0.15, -0.1) is 0 Å².